The van der Waals surface area contributed by atoms with Crippen molar-refractivity contribution in [1.82, 2.24) is 19.2 Å². The minimum absolute atomic E-state index is 0.0669. The molecular weight excluding hydrogens is 326 g/mol. The normalized spacial score (nSPS) is 15.4. The third kappa shape index (κ3) is 4.07. The molecule has 7 nitrogen and oxygen atoms in total. The summed E-state index contributed by atoms with van der Waals surface area (Å²) in [7, 11) is 1.68. The lowest BCUT2D eigenvalue weighted by atomic mass is 10.2. The first-order chi connectivity index (χ1) is 11.8. The summed E-state index contributed by atoms with van der Waals surface area (Å²) in [4.78, 5) is 25.2. The van der Waals surface area contributed by atoms with Gasteiger partial charge in [-0.1, -0.05) is 0 Å². The Morgan fingerprint density at radius 1 is 1.25 bits per heavy atom. The lowest BCUT2D eigenvalue weighted by molar-refractivity contribution is 0.0767. The summed E-state index contributed by atoms with van der Waals surface area (Å²) in [5.74, 6) is 0.892. The van der Waals surface area contributed by atoms with Gasteiger partial charge in [0.25, 0.3) is 5.91 Å². The van der Waals surface area contributed by atoms with Crippen LogP contribution in [0.4, 0.5) is 5.13 Å². The SMILES string of the molecule is COCCc1nsc(N2CCCN(C(=O)c3ccncc3)CC2)n1. The number of anilines is 1. The van der Waals surface area contributed by atoms with Crippen molar-refractivity contribution in [2.75, 3.05) is 44.8 Å². The number of methoxy groups -OCH3 is 1. The maximum Gasteiger partial charge on any atom is 0.254 e. The van der Waals surface area contributed by atoms with Crippen LogP contribution in [0.1, 0.15) is 22.6 Å². The maximum absolute atomic E-state index is 12.6. The predicted molar refractivity (Wildman–Crippen MR) is 92.5 cm³/mol. The highest BCUT2D eigenvalue weighted by molar-refractivity contribution is 7.09. The Balaban J connectivity index is 1.60. The van der Waals surface area contributed by atoms with Crippen LogP contribution in [0.2, 0.25) is 0 Å². The average molecular weight is 347 g/mol. The van der Waals surface area contributed by atoms with Gasteiger partial charge in [-0.25, -0.2) is 4.98 Å². The molecule has 0 atom stereocenters. The van der Waals surface area contributed by atoms with Gasteiger partial charge in [0.2, 0.25) is 5.13 Å². The number of rotatable bonds is 5. The zero-order valence-corrected chi connectivity index (χ0v) is 14.5. The molecule has 0 bridgehead atoms. The topological polar surface area (TPSA) is 71.5 Å². The fourth-order valence-corrected chi connectivity index (χ4v) is 3.42. The molecule has 2 aromatic rings. The number of ether oxygens (including phenoxy) is 1. The van der Waals surface area contributed by atoms with Gasteiger partial charge in [-0.2, -0.15) is 4.37 Å². The van der Waals surface area contributed by atoms with Crippen molar-refractivity contribution >= 4 is 22.6 Å². The summed E-state index contributed by atoms with van der Waals surface area (Å²) in [6, 6.07) is 3.52. The van der Waals surface area contributed by atoms with E-state index in [4.69, 9.17) is 4.74 Å². The molecule has 128 valence electrons. The highest BCUT2D eigenvalue weighted by Gasteiger charge is 2.22. The number of pyridine rings is 1. The highest BCUT2D eigenvalue weighted by atomic mass is 32.1. The molecule has 1 saturated heterocycles. The van der Waals surface area contributed by atoms with Crippen LogP contribution in [0.5, 0.6) is 0 Å². The Hall–Kier alpha value is -2.06. The minimum Gasteiger partial charge on any atom is -0.384 e. The van der Waals surface area contributed by atoms with E-state index in [2.05, 4.69) is 19.2 Å². The number of nitrogens with zero attached hydrogens (tertiary/aromatic N) is 5. The zero-order valence-electron chi connectivity index (χ0n) is 13.7. The molecule has 2 aromatic heterocycles. The molecule has 0 radical (unpaired) electrons. The van der Waals surface area contributed by atoms with Crippen molar-refractivity contribution in [3.63, 3.8) is 0 Å². The standard InChI is InChI=1S/C16H21N5O2S/c1-23-12-5-14-18-16(24-19-14)21-9-2-8-20(10-11-21)15(22)13-3-6-17-7-4-13/h3-4,6-7H,2,5,8-12H2,1H3. The summed E-state index contributed by atoms with van der Waals surface area (Å²) in [6.07, 6.45) is 4.96. The van der Waals surface area contributed by atoms with Gasteiger partial charge in [0.15, 0.2) is 0 Å². The van der Waals surface area contributed by atoms with E-state index in [0.717, 1.165) is 43.4 Å². The second-order valence-electron chi connectivity index (χ2n) is 5.60. The second-order valence-corrected chi connectivity index (χ2v) is 6.33. The van der Waals surface area contributed by atoms with Gasteiger partial charge in [0.05, 0.1) is 6.61 Å². The van der Waals surface area contributed by atoms with E-state index in [1.807, 2.05) is 4.90 Å². The van der Waals surface area contributed by atoms with E-state index < -0.39 is 0 Å². The predicted octanol–water partition coefficient (Wildman–Crippen LogP) is 1.47. The number of hydrogen-bond donors (Lipinski definition) is 0. The van der Waals surface area contributed by atoms with Crippen molar-refractivity contribution in [3.05, 3.63) is 35.9 Å². The first-order valence-corrected chi connectivity index (χ1v) is 8.81. The van der Waals surface area contributed by atoms with Crippen LogP contribution in [-0.2, 0) is 11.2 Å². The van der Waals surface area contributed by atoms with E-state index >= 15 is 0 Å². The third-order valence-electron chi connectivity index (χ3n) is 3.97. The summed E-state index contributed by atoms with van der Waals surface area (Å²) < 4.78 is 9.45. The molecule has 0 aliphatic carbocycles. The minimum atomic E-state index is 0.0669. The molecule has 1 aliphatic rings. The van der Waals surface area contributed by atoms with Gasteiger partial charge in [0, 0.05) is 69.2 Å². The Kier molecular flexibility index (Phi) is 5.71. The largest absolute Gasteiger partial charge is 0.384 e. The van der Waals surface area contributed by atoms with Gasteiger partial charge < -0.3 is 14.5 Å². The Labute approximate surface area is 145 Å². The molecular formula is C16H21N5O2S. The quantitative estimate of drug-likeness (QED) is 0.816. The molecule has 1 aliphatic heterocycles. The summed E-state index contributed by atoms with van der Waals surface area (Å²) in [5.41, 5.74) is 0.691. The van der Waals surface area contributed by atoms with Crippen LogP contribution in [0.3, 0.4) is 0 Å². The van der Waals surface area contributed by atoms with E-state index in [1.54, 1.807) is 31.6 Å². The van der Waals surface area contributed by atoms with Gasteiger partial charge in [0.1, 0.15) is 5.82 Å². The lowest BCUT2D eigenvalue weighted by Gasteiger charge is -2.21. The molecule has 0 unspecified atom stereocenters. The molecule has 0 spiro atoms. The molecule has 0 aromatic carbocycles. The van der Waals surface area contributed by atoms with Crippen molar-refractivity contribution in [2.24, 2.45) is 0 Å². The van der Waals surface area contributed by atoms with Crippen LogP contribution in [0, 0.1) is 0 Å². The monoisotopic (exact) mass is 347 g/mol. The smallest absolute Gasteiger partial charge is 0.254 e. The van der Waals surface area contributed by atoms with E-state index in [0.29, 0.717) is 18.7 Å². The number of amides is 1. The number of hydrogen-bond acceptors (Lipinski definition) is 7. The molecule has 0 saturated carbocycles. The lowest BCUT2D eigenvalue weighted by Crippen LogP contribution is -2.35. The Morgan fingerprint density at radius 3 is 2.88 bits per heavy atom. The fourth-order valence-electron chi connectivity index (χ4n) is 2.66. The maximum atomic E-state index is 12.6. The summed E-state index contributed by atoms with van der Waals surface area (Å²) >= 11 is 1.42. The zero-order chi connectivity index (χ0) is 16.8. The van der Waals surface area contributed by atoms with Gasteiger partial charge >= 0.3 is 0 Å². The van der Waals surface area contributed by atoms with E-state index in [9.17, 15) is 4.79 Å². The Morgan fingerprint density at radius 2 is 2.08 bits per heavy atom. The molecule has 1 fully saturated rings. The van der Waals surface area contributed by atoms with Crippen LogP contribution in [0.15, 0.2) is 24.5 Å². The third-order valence-corrected chi connectivity index (χ3v) is 4.78. The van der Waals surface area contributed by atoms with Crippen molar-refractivity contribution < 1.29 is 9.53 Å². The van der Waals surface area contributed by atoms with Crippen LogP contribution >= 0.6 is 11.5 Å². The Bertz CT molecular complexity index is 663. The van der Waals surface area contributed by atoms with Crippen molar-refractivity contribution in [2.45, 2.75) is 12.8 Å². The van der Waals surface area contributed by atoms with Crippen molar-refractivity contribution in [1.29, 1.82) is 0 Å². The van der Waals surface area contributed by atoms with Gasteiger partial charge in [-0.15, -0.1) is 0 Å². The molecule has 8 heteroatoms. The molecule has 3 rings (SSSR count). The number of carbonyl (C=O) groups is 1. The van der Waals surface area contributed by atoms with E-state index in [-0.39, 0.29) is 5.91 Å². The van der Waals surface area contributed by atoms with Crippen LogP contribution in [-0.4, -0.2) is 65.0 Å². The molecule has 0 N–H and O–H groups in total. The highest BCUT2D eigenvalue weighted by Crippen LogP contribution is 2.20. The van der Waals surface area contributed by atoms with Gasteiger partial charge in [-0.3, -0.25) is 9.78 Å². The van der Waals surface area contributed by atoms with Crippen LogP contribution in [0.25, 0.3) is 0 Å². The van der Waals surface area contributed by atoms with Crippen LogP contribution < -0.4 is 4.90 Å². The van der Waals surface area contributed by atoms with Gasteiger partial charge in [-0.05, 0) is 18.6 Å². The van der Waals surface area contributed by atoms with E-state index in [1.165, 1.54) is 11.5 Å². The van der Waals surface area contributed by atoms with Crippen molar-refractivity contribution in [3.8, 4) is 0 Å². The second kappa shape index (κ2) is 8.16. The molecule has 24 heavy (non-hydrogen) atoms. The first kappa shape index (κ1) is 16.8. The number of aromatic nitrogens is 3. The molecule has 1 amide bonds. The first-order valence-electron chi connectivity index (χ1n) is 8.03. The molecule has 3 heterocycles. The fraction of sp³-hybridized carbons (Fsp3) is 0.500. The summed E-state index contributed by atoms with van der Waals surface area (Å²) in [5, 5.41) is 0.930. The number of carbonyl (C=O) groups excluding carboxylic acids is 1. The summed E-state index contributed by atoms with van der Waals surface area (Å²) in [6.45, 7) is 3.74. The average Bonchev–Trinajstić information content (AvgIpc) is 2.96.